The third-order valence-corrected chi connectivity index (χ3v) is 4.08. The van der Waals surface area contributed by atoms with Crippen LogP contribution in [0.3, 0.4) is 0 Å². The Balaban J connectivity index is 2.24. The summed E-state index contributed by atoms with van der Waals surface area (Å²) in [6, 6.07) is 10.8. The number of hydrogen-bond donors (Lipinski definition) is 1. The van der Waals surface area contributed by atoms with Gasteiger partial charge in [-0.15, -0.1) is 0 Å². The van der Waals surface area contributed by atoms with Crippen molar-refractivity contribution in [1.82, 2.24) is 10.2 Å². The van der Waals surface area contributed by atoms with Gasteiger partial charge in [0.15, 0.2) is 0 Å². The molecule has 0 aliphatic rings. The van der Waals surface area contributed by atoms with Crippen LogP contribution in [0.15, 0.2) is 42.5 Å². The molecule has 0 fully saturated rings. The molecule has 1 N–H and O–H groups in total. The van der Waals surface area contributed by atoms with Crippen molar-refractivity contribution in [2.45, 2.75) is 12.5 Å². The van der Waals surface area contributed by atoms with Crippen molar-refractivity contribution < 1.29 is 13.9 Å². The van der Waals surface area contributed by atoms with E-state index in [1.54, 1.807) is 30.3 Å². The Kier molecular flexibility index (Phi) is 6.79. The van der Waals surface area contributed by atoms with E-state index in [0.29, 0.717) is 22.8 Å². The monoisotopic (exact) mass is 364 g/mol. The fourth-order valence-electron chi connectivity index (χ4n) is 2.50. The molecule has 1 unspecified atom stereocenters. The van der Waals surface area contributed by atoms with Crippen molar-refractivity contribution in [3.8, 4) is 5.75 Å². The summed E-state index contributed by atoms with van der Waals surface area (Å²) in [6.45, 7) is 0.773. The van der Waals surface area contributed by atoms with E-state index in [9.17, 15) is 9.18 Å². The van der Waals surface area contributed by atoms with Gasteiger partial charge in [-0.25, -0.2) is 4.39 Å². The Morgan fingerprint density at radius 2 is 1.92 bits per heavy atom. The molecular formula is C19H22ClFN2O2. The molecule has 6 heteroatoms. The average molecular weight is 365 g/mol. The van der Waals surface area contributed by atoms with Gasteiger partial charge in [-0.3, -0.25) is 4.79 Å². The molecule has 2 rings (SSSR count). The van der Waals surface area contributed by atoms with Crippen molar-refractivity contribution in [2.24, 2.45) is 0 Å². The van der Waals surface area contributed by atoms with Crippen LogP contribution in [0, 0.1) is 5.82 Å². The number of carbonyl (C=O) groups is 1. The van der Waals surface area contributed by atoms with E-state index in [4.69, 9.17) is 16.3 Å². The fourth-order valence-corrected chi connectivity index (χ4v) is 2.67. The highest BCUT2D eigenvalue weighted by molar-refractivity contribution is 6.31. The molecule has 0 spiro atoms. The second-order valence-corrected chi connectivity index (χ2v) is 6.45. The molecule has 0 aliphatic heterocycles. The second-order valence-electron chi connectivity index (χ2n) is 6.01. The van der Waals surface area contributed by atoms with Gasteiger partial charge in [-0.05, 0) is 63.0 Å². The Bertz CT molecular complexity index is 720. The quantitative estimate of drug-likeness (QED) is 0.809. The van der Waals surface area contributed by atoms with Crippen molar-refractivity contribution in [3.63, 3.8) is 0 Å². The molecule has 0 heterocycles. The summed E-state index contributed by atoms with van der Waals surface area (Å²) in [5.74, 6) is -0.141. The molecular weight excluding hydrogens is 343 g/mol. The van der Waals surface area contributed by atoms with Crippen LogP contribution >= 0.6 is 11.6 Å². The van der Waals surface area contributed by atoms with Gasteiger partial charge in [-0.2, -0.15) is 0 Å². The molecule has 2 aromatic carbocycles. The summed E-state index contributed by atoms with van der Waals surface area (Å²) in [6.07, 6.45) is 0.688. The first kappa shape index (κ1) is 19.2. The Hall–Kier alpha value is -2.11. The van der Waals surface area contributed by atoms with Crippen LogP contribution in [0.25, 0.3) is 0 Å². The van der Waals surface area contributed by atoms with Crippen molar-refractivity contribution in [3.05, 3.63) is 64.4 Å². The number of benzene rings is 2. The first-order valence-electron chi connectivity index (χ1n) is 7.95. The topological polar surface area (TPSA) is 41.6 Å². The number of rotatable bonds is 7. The molecule has 25 heavy (non-hydrogen) atoms. The van der Waals surface area contributed by atoms with Crippen LogP contribution in [0.4, 0.5) is 4.39 Å². The van der Waals surface area contributed by atoms with E-state index in [1.807, 2.05) is 19.0 Å². The number of hydrogen-bond acceptors (Lipinski definition) is 3. The minimum Gasteiger partial charge on any atom is -0.496 e. The lowest BCUT2D eigenvalue weighted by Gasteiger charge is -2.22. The lowest BCUT2D eigenvalue weighted by Crippen LogP contribution is -2.31. The molecule has 0 saturated heterocycles. The summed E-state index contributed by atoms with van der Waals surface area (Å²) >= 11 is 6.01. The van der Waals surface area contributed by atoms with Gasteiger partial charge in [0.25, 0.3) is 5.91 Å². The zero-order valence-corrected chi connectivity index (χ0v) is 15.3. The van der Waals surface area contributed by atoms with Gasteiger partial charge >= 0.3 is 0 Å². The van der Waals surface area contributed by atoms with Gasteiger partial charge < -0.3 is 15.0 Å². The molecule has 0 bridgehead atoms. The van der Waals surface area contributed by atoms with E-state index < -0.39 is 0 Å². The van der Waals surface area contributed by atoms with Crippen molar-refractivity contribution >= 4 is 17.5 Å². The van der Waals surface area contributed by atoms with Crippen LogP contribution in [0.5, 0.6) is 5.75 Å². The summed E-state index contributed by atoms with van der Waals surface area (Å²) in [4.78, 5) is 14.8. The van der Waals surface area contributed by atoms with E-state index in [2.05, 4.69) is 5.32 Å². The number of methoxy groups -OCH3 is 1. The maximum Gasteiger partial charge on any atom is 0.255 e. The first-order chi connectivity index (χ1) is 11.9. The van der Waals surface area contributed by atoms with Gasteiger partial charge in [0.2, 0.25) is 0 Å². The van der Waals surface area contributed by atoms with Crippen LogP contribution in [-0.2, 0) is 0 Å². The number of amides is 1. The largest absolute Gasteiger partial charge is 0.496 e. The van der Waals surface area contributed by atoms with E-state index in [1.165, 1.54) is 19.2 Å². The fraction of sp³-hybridized carbons (Fsp3) is 0.316. The molecule has 1 atom stereocenters. The van der Waals surface area contributed by atoms with Crippen LogP contribution in [-0.4, -0.2) is 38.6 Å². The minimum atomic E-state index is -0.307. The highest BCUT2D eigenvalue weighted by Gasteiger charge is 2.19. The van der Waals surface area contributed by atoms with E-state index >= 15 is 0 Å². The zero-order chi connectivity index (χ0) is 18.4. The Morgan fingerprint density at radius 3 is 2.52 bits per heavy atom. The van der Waals surface area contributed by atoms with Gasteiger partial charge in [0.05, 0.1) is 18.7 Å². The SMILES string of the molecule is COc1ccc(Cl)cc1C(=O)NC(CCN(C)C)c1ccc(F)cc1. The molecule has 0 saturated carbocycles. The zero-order valence-electron chi connectivity index (χ0n) is 14.6. The molecule has 134 valence electrons. The predicted molar refractivity (Wildman–Crippen MR) is 97.8 cm³/mol. The predicted octanol–water partition coefficient (Wildman–Crippen LogP) is 3.91. The van der Waals surface area contributed by atoms with Crippen molar-refractivity contribution in [1.29, 1.82) is 0 Å². The number of halogens is 2. The third-order valence-electron chi connectivity index (χ3n) is 3.85. The number of carbonyl (C=O) groups excluding carboxylic acids is 1. The third kappa shape index (κ3) is 5.44. The summed E-state index contributed by atoms with van der Waals surface area (Å²) in [7, 11) is 5.43. The Morgan fingerprint density at radius 1 is 1.24 bits per heavy atom. The lowest BCUT2D eigenvalue weighted by molar-refractivity contribution is 0.0929. The van der Waals surface area contributed by atoms with Gasteiger partial charge in [-0.1, -0.05) is 23.7 Å². The minimum absolute atomic E-state index is 0.251. The molecule has 4 nitrogen and oxygen atoms in total. The van der Waals surface area contributed by atoms with Gasteiger partial charge in [0.1, 0.15) is 11.6 Å². The molecule has 2 aromatic rings. The Labute approximate surface area is 152 Å². The maximum absolute atomic E-state index is 13.2. The second kappa shape index (κ2) is 8.83. The van der Waals surface area contributed by atoms with Crippen LogP contribution < -0.4 is 10.1 Å². The highest BCUT2D eigenvalue weighted by atomic mass is 35.5. The molecule has 0 aliphatic carbocycles. The first-order valence-corrected chi connectivity index (χ1v) is 8.33. The summed E-state index contributed by atoms with van der Waals surface area (Å²) in [5, 5.41) is 3.46. The molecule has 0 aromatic heterocycles. The van der Waals surface area contributed by atoms with Crippen LogP contribution in [0.1, 0.15) is 28.4 Å². The molecule has 0 radical (unpaired) electrons. The van der Waals surface area contributed by atoms with E-state index in [0.717, 1.165) is 12.1 Å². The standard InChI is InChI=1S/C19H22ClFN2O2/c1-23(2)11-10-17(13-4-7-15(21)8-5-13)22-19(24)16-12-14(20)6-9-18(16)25-3/h4-9,12,17H,10-11H2,1-3H3,(H,22,24). The summed E-state index contributed by atoms with van der Waals surface area (Å²) < 4.78 is 18.5. The number of nitrogens with one attached hydrogen (secondary N) is 1. The lowest BCUT2D eigenvalue weighted by atomic mass is 10.0. The average Bonchev–Trinajstić information content (AvgIpc) is 2.59. The van der Waals surface area contributed by atoms with E-state index in [-0.39, 0.29) is 17.8 Å². The smallest absolute Gasteiger partial charge is 0.255 e. The summed E-state index contributed by atoms with van der Waals surface area (Å²) in [5.41, 5.74) is 1.21. The van der Waals surface area contributed by atoms with Crippen LogP contribution in [0.2, 0.25) is 5.02 Å². The number of nitrogens with zero attached hydrogens (tertiary/aromatic N) is 1. The number of ether oxygens (including phenoxy) is 1. The maximum atomic E-state index is 13.2. The molecule has 1 amide bonds. The van der Waals surface area contributed by atoms with Gasteiger partial charge in [0, 0.05) is 5.02 Å². The van der Waals surface area contributed by atoms with Crippen molar-refractivity contribution in [2.75, 3.05) is 27.7 Å². The highest BCUT2D eigenvalue weighted by Crippen LogP contribution is 2.24. The normalized spacial score (nSPS) is 12.1.